The van der Waals surface area contributed by atoms with Gasteiger partial charge < -0.3 is 13.6 Å². The van der Waals surface area contributed by atoms with Gasteiger partial charge in [-0.1, -0.05) is 103 Å². The van der Waals surface area contributed by atoms with Gasteiger partial charge >= 0.3 is 0 Å². The number of para-hydroxylation sites is 3. The molecule has 0 aliphatic carbocycles. The zero-order valence-electron chi connectivity index (χ0n) is 27.5. The Morgan fingerprint density at radius 2 is 0.882 bits per heavy atom. The summed E-state index contributed by atoms with van der Waals surface area (Å²) in [5.41, 5.74) is 12.8. The smallest absolute Gasteiger partial charge is 0.137 e. The zero-order valence-corrected chi connectivity index (χ0v) is 27.5. The summed E-state index contributed by atoms with van der Waals surface area (Å²) >= 11 is 0. The van der Waals surface area contributed by atoms with Gasteiger partial charge in [-0.2, -0.15) is 0 Å². The molecule has 0 N–H and O–H groups in total. The minimum Gasteiger partial charge on any atom is -0.456 e. The molecule has 51 heavy (non-hydrogen) atoms. The lowest BCUT2D eigenvalue weighted by molar-refractivity contribution is 0.669. The molecule has 0 fully saturated rings. The summed E-state index contributed by atoms with van der Waals surface area (Å²) in [5.74, 6) is 0. The van der Waals surface area contributed by atoms with Crippen molar-refractivity contribution in [2.75, 3.05) is 0 Å². The van der Waals surface area contributed by atoms with Crippen LogP contribution in [-0.2, 0) is 0 Å². The standard InChI is InChI=1S/C47H29N3O/c1-3-12-30(13-4-1)40-18-11-19-41(48-40)31-22-24-33(25-23-31)49-42-20-9-7-16-34(42)36-26-37-38-27-39-35-17-8-10-21-46(35)51-47(39)29-45(38)50(44(37)28-43(36)49)32-14-5-2-6-15-32/h1-29H. The van der Waals surface area contributed by atoms with Crippen molar-refractivity contribution >= 4 is 65.6 Å². The summed E-state index contributed by atoms with van der Waals surface area (Å²) in [6, 6.07) is 62.4. The second-order valence-electron chi connectivity index (χ2n) is 13.2. The fourth-order valence-corrected chi connectivity index (χ4v) is 7.98. The third-order valence-corrected chi connectivity index (χ3v) is 10.3. The Bertz CT molecular complexity index is 3110. The summed E-state index contributed by atoms with van der Waals surface area (Å²) in [6.45, 7) is 0. The Morgan fingerprint density at radius 3 is 1.65 bits per heavy atom. The highest BCUT2D eigenvalue weighted by Crippen LogP contribution is 2.42. The maximum absolute atomic E-state index is 6.39. The third kappa shape index (κ3) is 4.23. The van der Waals surface area contributed by atoms with Crippen LogP contribution in [0.15, 0.2) is 180 Å². The van der Waals surface area contributed by atoms with Crippen LogP contribution in [0.4, 0.5) is 0 Å². The van der Waals surface area contributed by atoms with E-state index in [9.17, 15) is 0 Å². The van der Waals surface area contributed by atoms with Crippen molar-refractivity contribution < 1.29 is 4.42 Å². The van der Waals surface area contributed by atoms with Crippen molar-refractivity contribution in [2.45, 2.75) is 0 Å². The fraction of sp³-hybridized carbons (Fsp3) is 0. The van der Waals surface area contributed by atoms with Gasteiger partial charge in [0.2, 0.25) is 0 Å². The highest BCUT2D eigenvalue weighted by molar-refractivity contribution is 6.22. The summed E-state index contributed by atoms with van der Waals surface area (Å²) in [4.78, 5) is 5.02. The molecule has 0 atom stereocenters. The van der Waals surface area contributed by atoms with E-state index in [1.54, 1.807) is 0 Å². The lowest BCUT2D eigenvalue weighted by atomic mass is 10.1. The minimum atomic E-state index is 0.895. The predicted molar refractivity (Wildman–Crippen MR) is 211 cm³/mol. The number of nitrogens with zero attached hydrogens (tertiary/aromatic N) is 3. The normalized spacial score (nSPS) is 11.9. The summed E-state index contributed by atoms with van der Waals surface area (Å²) in [5, 5.41) is 7.15. The third-order valence-electron chi connectivity index (χ3n) is 10.3. The number of aromatic nitrogens is 3. The number of benzene rings is 7. The van der Waals surface area contributed by atoms with E-state index in [0.717, 1.165) is 72.4 Å². The molecule has 0 amide bonds. The molecule has 0 bridgehead atoms. The molecule has 0 unspecified atom stereocenters. The Labute approximate surface area is 293 Å². The summed E-state index contributed by atoms with van der Waals surface area (Å²) < 4.78 is 11.2. The van der Waals surface area contributed by atoms with Crippen LogP contribution in [0.5, 0.6) is 0 Å². The molecular formula is C47H29N3O. The van der Waals surface area contributed by atoms with Crippen LogP contribution in [0.2, 0.25) is 0 Å². The number of rotatable bonds is 4. The molecular weight excluding hydrogens is 623 g/mol. The number of hydrogen-bond acceptors (Lipinski definition) is 2. The van der Waals surface area contributed by atoms with Crippen LogP contribution in [0.25, 0.3) is 99.4 Å². The molecule has 0 aliphatic heterocycles. The second-order valence-corrected chi connectivity index (χ2v) is 13.2. The van der Waals surface area contributed by atoms with Crippen LogP contribution in [0.3, 0.4) is 0 Å². The predicted octanol–water partition coefficient (Wildman–Crippen LogP) is 12.5. The Morgan fingerprint density at radius 1 is 0.333 bits per heavy atom. The minimum absolute atomic E-state index is 0.895. The molecule has 0 saturated carbocycles. The van der Waals surface area contributed by atoms with Crippen LogP contribution in [-0.4, -0.2) is 14.1 Å². The molecule has 11 aromatic rings. The zero-order chi connectivity index (χ0) is 33.5. The van der Waals surface area contributed by atoms with Gasteiger partial charge in [0.05, 0.1) is 33.5 Å². The molecule has 4 nitrogen and oxygen atoms in total. The van der Waals surface area contributed by atoms with Crippen LogP contribution in [0.1, 0.15) is 0 Å². The van der Waals surface area contributed by atoms with Gasteiger partial charge in [-0.25, -0.2) is 4.98 Å². The van der Waals surface area contributed by atoms with Gasteiger partial charge in [0.15, 0.2) is 0 Å². The molecule has 238 valence electrons. The van der Waals surface area contributed by atoms with Crippen LogP contribution in [0, 0.1) is 0 Å². The van der Waals surface area contributed by atoms with E-state index in [-0.39, 0.29) is 0 Å². The molecule has 4 heterocycles. The first-order chi connectivity index (χ1) is 25.3. The topological polar surface area (TPSA) is 35.9 Å². The van der Waals surface area contributed by atoms with Crippen molar-refractivity contribution in [3.63, 3.8) is 0 Å². The van der Waals surface area contributed by atoms with Crippen LogP contribution < -0.4 is 0 Å². The van der Waals surface area contributed by atoms with Crippen LogP contribution >= 0.6 is 0 Å². The molecule has 4 heteroatoms. The first-order valence-corrected chi connectivity index (χ1v) is 17.3. The Kier molecular flexibility index (Phi) is 5.92. The van der Waals surface area contributed by atoms with Crippen molar-refractivity contribution in [3.05, 3.63) is 176 Å². The monoisotopic (exact) mass is 651 g/mol. The molecule has 0 spiro atoms. The second kappa shape index (κ2) is 10.8. The van der Waals surface area contributed by atoms with Gasteiger partial charge in [0, 0.05) is 60.9 Å². The largest absolute Gasteiger partial charge is 0.456 e. The highest BCUT2D eigenvalue weighted by Gasteiger charge is 2.20. The molecule has 7 aromatic carbocycles. The van der Waals surface area contributed by atoms with E-state index < -0.39 is 0 Å². The number of fused-ring (bicyclic) bond motifs is 9. The summed E-state index contributed by atoms with van der Waals surface area (Å²) in [6.07, 6.45) is 0. The quantitative estimate of drug-likeness (QED) is 0.190. The maximum atomic E-state index is 6.39. The van der Waals surface area contributed by atoms with Crippen molar-refractivity contribution in [1.29, 1.82) is 0 Å². The molecule has 4 aromatic heterocycles. The lowest BCUT2D eigenvalue weighted by Crippen LogP contribution is -1.96. The Hall–Kier alpha value is -6.91. The average molecular weight is 652 g/mol. The van der Waals surface area contributed by atoms with E-state index in [2.05, 4.69) is 167 Å². The van der Waals surface area contributed by atoms with Gasteiger partial charge in [-0.05, 0) is 66.7 Å². The SMILES string of the molecule is c1ccc(-c2cccc(-c3ccc(-n4c5ccccc5c5cc6c7cc8c(cc7n(-c7ccccc7)c6cc54)oc4ccccc48)cc3)n2)cc1. The average Bonchev–Trinajstić information content (AvgIpc) is 3.83. The lowest BCUT2D eigenvalue weighted by Gasteiger charge is -2.11. The highest BCUT2D eigenvalue weighted by atomic mass is 16.3. The number of hydrogen-bond donors (Lipinski definition) is 0. The molecule has 0 aliphatic rings. The first-order valence-electron chi connectivity index (χ1n) is 17.3. The molecule has 11 rings (SSSR count). The number of pyridine rings is 1. The van der Waals surface area contributed by atoms with E-state index in [1.807, 2.05) is 18.2 Å². The van der Waals surface area contributed by atoms with Crippen molar-refractivity contribution in [1.82, 2.24) is 14.1 Å². The Balaban J connectivity index is 1.15. The van der Waals surface area contributed by atoms with Crippen molar-refractivity contribution in [3.8, 4) is 33.9 Å². The van der Waals surface area contributed by atoms with E-state index >= 15 is 0 Å². The fourth-order valence-electron chi connectivity index (χ4n) is 7.98. The number of furan rings is 1. The van der Waals surface area contributed by atoms with Crippen molar-refractivity contribution in [2.24, 2.45) is 0 Å². The maximum Gasteiger partial charge on any atom is 0.137 e. The van der Waals surface area contributed by atoms with Gasteiger partial charge in [0.25, 0.3) is 0 Å². The van der Waals surface area contributed by atoms with Gasteiger partial charge in [-0.3, -0.25) is 0 Å². The van der Waals surface area contributed by atoms with Gasteiger partial charge in [0.1, 0.15) is 11.2 Å². The molecule has 0 radical (unpaired) electrons. The van der Waals surface area contributed by atoms with E-state index in [1.165, 1.54) is 27.1 Å². The van der Waals surface area contributed by atoms with Gasteiger partial charge in [-0.15, -0.1) is 0 Å². The van der Waals surface area contributed by atoms with E-state index in [0.29, 0.717) is 0 Å². The molecule has 0 saturated heterocycles. The van der Waals surface area contributed by atoms with E-state index in [4.69, 9.17) is 9.40 Å². The summed E-state index contributed by atoms with van der Waals surface area (Å²) in [7, 11) is 0. The first kappa shape index (κ1) is 28.0.